The number of carbonyl (C=O) groups excluding carboxylic acids is 1. The molecule has 94 valence electrons. The quantitative estimate of drug-likeness (QED) is 0.549. The summed E-state index contributed by atoms with van der Waals surface area (Å²) in [6, 6.07) is 0.318. The lowest BCUT2D eigenvalue weighted by molar-refractivity contribution is 0.0947. The van der Waals surface area contributed by atoms with Crippen LogP contribution in [0.3, 0.4) is 0 Å². The zero-order chi connectivity index (χ0) is 12.1. The number of unbranched alkanes of at least 4 members (excludes halogenated alkanes) is 1. The standard InChI is InChI=1S/C10H17N5O2/c16-4-2-1-3-12-10(17)9-7-15(14-13-9)8-5-11-6-8/h7-8,11,16H,1-6H2,(H,12,17). The van der Waals surface area contributed by atoms with Crippen LogP contribution in [0.4, 0.5) is 0 Å². The zero-order valence-corrected chi connectivity index (χ0v) is 9.59. The molecule has 2 rings (SSSR count). The largest absolute Gasteiger partial charge is 0.396 e. The third-order valence-electron chi connectivity index (χ3n) is 2.75. The van der Waals surface area contributed by atoms with E-state index in [1.165, 1.54) is 0 Å². The van der Waals surface area contributed by atoms with E-state index in [4.69, 9.17) is 5.11 Å². The molecule has 1 aliphatic rings. The summed E-state index contributed by atoms with van der Waals surface area (Å²) in [4.78, 5) is 11.6. The Bertz CT molecular complexity index is 375. The first-order chi connectivity index (χ1) is 8.31. The Balaban J connectivity index is 1.80. The number of nitrogens with zero attached hydrogens (tertiary/aromatic N) is 3. The van der Waals surface area contributed by atoms with Gasteiger partial charge in [0.1, 0.15) is 0 Å². The van der Waals surface area contributed by atoms with Crippen LogP contribution in [0.25, 0.3) is 0 Å². The van der Waals surface area contributed by atoms with E-state index in [2.05, 4.69) is 20.9 Å². The van der Waals surface area contributed by atoms with E-state index in [0.29, 0.717) is 24.7 Å². The zero-order valence-electron chi connectivity index (χ0n) is 9.59. The van der Waals surface area contributed by atoms with Crippen LogP contribution in [0.5, 0.6) is 0 Å². The molecule has 1 saturated heterocycles. The minimum atomic E-state index is -0.207. The molecule has 7 nitrogen and oxygen atoms in total. The van der Waals surface area contributed by atoms with Crippen LogP contribution in [-0.4, -0.2) is 52.2 Å². The molecule has 0 bridgehead atoms. The molecule has 1 aromatic heterocycles. The molecule has 0 unspecified atom stereocenters. The van der Waals surface area contributed by atoms with Gasteiger partial charge in [-0.1, -0.05) is 5.21 Å². The summed E-state index contributed by atoms with van der Waals surface area (Å²) in [7, 11) is 0. The molecule has 0 saturated carbocycles. The van der Waals surface area contributed by atoms with Crippen molar-refractivity contribution in [3.63, 3.8) is 0 Å². The maximum absolute atomic E-state index is 11.6. The van der Waals surface area contributed by atoms with Crippen molar-refractivity contribution < 1.29 is 9.90 Å². The summed E-state index contributed by atoms with van der Waals surface area (Å²) < 4.78 is 1.72. The lowest BCUT2D eigenvalue weighted by Gasteiger charge is -2.26. The molecule has 7 heteroatoms. The number of rotatable bonds is 6. The summed E-state index contributed by atoms with van der Waals surface area (Å²) in [6.07, 6.45) is 3.14. The lowest BCUT2D eigenvalue weighted by Crippen LogP contribution is -2.43. The fraction of sp³-hybridized carbons (Fsp3) is 0.700. The van der Waals surface area contributed by atoms with Gasteiger partial charge in [-0.3, -0.25) is 4.79 Å². The van der Waals surface area contributed by atoms with Crippen molar-refractivity contribution in [3.05, 3.63) is 11.9 Å². The Morgan fingerprint density at radius 1 is 1.59 bits per heavy atom. The topological polar surface area (TPSA) is 92.1 Å². The number of aliphatic hydroxyl groups excluding tert-OH is 1. The second-order valence-corrected chi connectivity index (χ2v) is 4.08. The molecule has 0 aliphatic carbocycles. The summed E-state index contributed by atoms with van der Waals surface area (Å²) in [5.41, 5.74) is 0.348. The highest BCUT2D eigenvalue weighted by Crippen LogP contribution is 2.09. The summed E-state index contributed by atoms with van der Waals surface area (Å²) in [5, 5.41) is 22.2. The van der Waals surface area contributed by atoms with E-state index >= 15 is 0 Å². The van der Waals surface area contributed by atoms with Gasteiger partial charge in [0, 0.05) is 26.2 Å². The first-order valence-corrected chi connectivity index (χ1v) is 5.83. The number of aromatic nitrogens is 3. The number of amides is 1. The monoisotopic (exact) mass is 239 g/mol. The molecule has 1 fully saturated rings. The predicted molar refractivity (Wildman–Crippen MR) is 60.6 cm³/mol. The minimum absolute atomic E-state index is 0.154. The van der Waals surface area contributed by atoms with Crippen molar-refractivity contribution in [1.29, 1.82) is 0 Å². The smallest absolute Gasteiger partial charge is 0.273 e. The van der Waals surface area contributed by atoms with Gasteiger partial charge in [0.05, 0.1) is 12.2 Å². The Kier molecular flexibility index (Phi) is 4.05. The number of nitrogens with one attached hydrogen (secondary N) is 2. The molecule has 0 radical (unpaired) electrons. The molecule has 0 spiro atoms. The molecule has 2 heterocycles. The Morgan fingerprint density at radius 2 is 2.41 bits per heavy atom. The van der Waals surface area contributed by atoms with Crippen LogP contribution >= 0.6 is 0 Å². The van der Waals surface area contributed by atoms with Crippen molar-refractivity contribution in [2.75, 3.05) is 26.2 Å². The van der Waals surface area contributed by atoms with Gasteiger partial charge in [0.2, 0.25) is 0 Å². The number of hydrogen-bond donors (Lipinski definition) is 3. The highest BCUT2D eigenvalue weighted by molar-refractivity contribution is 5.91. The van der Waals surface area contributed by atoms with Crippen molar-refractivity contribution in [2.24, 2.45) is 0 Å². The van der Waals surface area contributed by atoms with Crippen molar-refractivity contribution in [2.45, 2.75) is 18.9 Å². The molecule has 1 aliphatic heterocycles. The maximum Gasteiger partial charge on any atom is 0.273 e. The van der Waals surface area contributed by atoms with Crippen LogP contribution in [0.1, 0.15) is 29.4 Å². The third-order valence-corrected chi connectivity index (χ3v) is 2.75. The van der Waals surface area contributed by atoms with E-state index in [1.54, 1.807) is 10.9 Å². The highest BCUT2D eigenvalue weighted by Gasteiger charge is 2.21. The van der Waals surface area contributed by atoms with Crippen molar-refractivity contribution in [3.8, 4) is 0 Å². The molecule has 1 amide bonds. The van der Waals surface area contributed by atoms with Crippen molar-refractivity contribution >= 4 is 5.91 Å². The first-order valence-electron chi connectivity index (χ1n) is 5.83. The van der Waals surface area contributed by atoms with Gasteiger partial charge in [-0.15, -0.1) is 5.10 Å². The highest BCUT2D eigenvalue weighted by atomic mass is 16.2. The van der Waals surface area contributed by atoms with Crippen molar-refractivity contribution in [1.82, 2.24) is 25.6 Å². The molecule has 0 aromatic carbocycles. The lowest BCUT2D eigenvalue weighted by atomic mass is 10.2. The Labute approximate surface area is 99.2 Å². The maximum atomic E-state index is 11.6. The molecular weight excluding hydrogens is 222 g/mol. The van der Waals surface area contributed by atoms with Gasteiger partial charge < -0.3 is 15.7 Å². The molecule has 1 aromatic rings. The molecule has 0 atom stereocenters. The van der Waals surface area contributed by atoms with E-state index in [0.717, 1.165) is 19.5 Å². The molecular formula is C10H17N5O2. The third kappa shape index (κ3) is 3.01. The van der Waals surface area contributed by atoms with Gasteiger partial charge in [0.25, 0.3) is 5.91 Å². The van der Waals surface area contributed by atoms with Gasteiger partial charge in [-0.2, -0.15) is 0 Å². The van der Waals surface area contributed by atoms with E-state index < -0.39 is 0 Å². The predicted octanol–water partition coefficient (Wildman–Crippen LogP) is -1.08. The molecule has 3 N–H and O–H groups in total. The van der Waals surface area contributed by atoms with Crippen LogP contribution in [0.15, 0.2) is 6.20 Å². The van der Waals surface area contributed by atoms with E-state index in [-0.39, 0.29) is 12.5 Å². The number of aliphatic hydroxyl groups is 1. The molecule has 17 heavy (non-hydrogen) atoms. The van der Waals surface area contributed by atoms with Gasteiger partial charge in [-0.05, 0) is 12.8 Å². The van der Waals surface area contributed by atoms with Gasteiger partial charge in [0.15, 0.2) is 5.69 Å². The van der Waals surface area contributed by atoms with Crippen LogP contribution in [0.2, 0.25) is 0 Å². The van der Waals surface area contributed by atoms with E-state index in [1.807, 2.05) is 0 Å². The summed E-state index contributed by atoms with van der Waals surface area (Å²) >= 11 is 0. The minimum Gasteiger partial charge on any atom is -0.396 e. The Hall–Kier alpha value is -1.47. The number of carbonyl (C=O) groups is 1. The fourth-order valence-corrected chi connectivity index (χ4v) is 1.55. The van der Waals surface area contributed by atoms with Crippen LogP contribution in [-0.2, 0) is 0 Å². The average molecular weight is 239 g/mol. The van der Waals surface area contributed by atoms with E-state index in [9.17, 15) is 4.79 Å². The SMILES string of the molecule is O=C(NCCCCO)c1cn(C2CNC2)nn1. The second-order valence-electron chi connectivity index (χ2n) is 4.08. The normalized spacial score (nSPS) is 15.6. The van der Waals surface area contributed by atoms with Crippen LogP contribution in [0, 0.1) is 0 Å². The second kappa shape index (κ2) is 5.74. The van der Waals surface area contributed by atoms with Gasteiger partial charge in [-0.25, -0.2) is 4.68 Å². The van der Waals surface area contributed by atoms with Gasteiger partial charge >= 0.3 is 0 Å². The summed E-state index contributed by atoms with van der Waals surface area (Å²) in [6.45, 7) is 2.46. The number of hydrogen-bond acceptors (Lipinski definition) is 5. The average Bonchev–Trinajstić information content (AvgIpc) is 2.71. The van der Waals surface area contributed by atoms with Crippen LogP contribution < -0.4 is 10.6 Å². The first kappa shape index (κ1) is 12.0. The summed E-state index contributed by atoms with van der Waals surface area (Å²) in [5.74, 6) is -0.207. The Morgan fingerprint density at radius 3 is 3.06 bits per heavy atom. The fourth-order valence-electron chi connectivity index (χ4n) is 1.55.